The number of hydrogen-bond donors (Lipinski definition) is 1. The average Bonchev–Trinajstić information content (AvgIpc) is 2.48. The minimum Gasteiger partial charge on any atom is -0.375 e. The lowest BCUT2D eigenvalue weighted by atomic mass is 10.1. The van der Waals surface area contributed by atoms with Gasteiger partial charge in [0.2, 0.25) is 0 Å². The highest BCUT2D eigenvalue weighted by atomic mass is 35.5. The number of nitro groups is 1. The van der Waals surface area contributed by atoms with E-state index in [-0.39, 0.29) is 16.4 Å². The van der Waals surface area contributed by atoms with Gasteiger partial charge in [-0.2, -0.15) is 0 Å². The van der Waals surface area contributed by atoms with Gasteiger partial charge in [0.25, 0.3) is 5.69 Å². The van der Waals surface area contributed by atoms with Crippen LogP contribution in [0.5, 0.6) is 0 Å². The molecule has 6 heteroatoms. The van der Waals surface area contributed by atoms with Crippen LogP contribution >= 0.6 is 11.6 Å². The third-order valence-electron chi connectivity index (χ3n) is 3.15. The zero-order valence-corrected chi connectivity index (χ0v) is 12.2. The number of rotatable bonds is 5. The summed E-state index contributed by atoms with van der Waals surface area (Å²) in [7, 11) is 0. The molecule has 0 amide bonds. The summed E-state index contributed by atoms with van der Waals surface area (Å²) < 4.78 is 13.3. The zero-order valence-electron chi connectivity index (χ0n) is 11.4. The summed E-state index contributed by atoms with van der Waals surface area (Å²) in [5, 5.41) is 13.7. The van der Waals surface area contributed by atoms with E-state index in [4.69, 9.17) is 11.6 Å². The first-order valence-corrected chi connectivity index (χ1v) is 6.84. The summed E-state index contributed by atoms with van der Waals surface area (Å²) in [5.74, 6) is -0.804. The number of nitrogens with zero attached hydrogens (tertiary/aromatic N) is 1. The number of aryl methyl sites for hydroxylation is 1. The van der Waals surface area contributed by atoms with Gasteiger partial charge in [-0.3, -0.25) is 10.1 Å². The lowest BCUT2D eigenvalue weighted by Crippen LogP contribution is -2.03. The third-order valence-corrected chi connectivity index (χ3v) is 3.44. The van der Waals surface area contributed by atoms with Crippen LogP contribution in [0.15, 0.2) is 36.4 Å². The topological polar surface area (TPSA) is 55.2 Å². The minimum atomic E-state index is -0.804. The molecule has 4 nitrogen and oxygen atoms in total. The molecule has 0 saturated carbocycles. The van der Waals surface area contributed by atoms with Gasteiger partial charge >= 0.3 is 0 Å². The molecule has 0 atom stereocenters. The highest BCUT2D eigenvalue weighted by Gasteiger charge is 2.17. The molecule has 2 rings (SSSR count). The molecule has 0 unspecified atom stereocenters. The average molecular weight is 309 g/mol. The van der Waals surface area contributed by atoms with Gasteiger partial charge in [-0.1, -0.05) is 42.8 Å². The maximum absolute atomic E-state index is 13.3. The maximum atomic E-state index is 13.3. The SMILES string of the molecule is CCc1ccc(CNc2cc(Cl)c(F)cc2[N+](=O)[O-])cc1. The van der Waals surface area contributed by atoms with Crippen LogP contribution in [0.4, 0.5) is 15.8 Å². The van der Waals surface area contributed by atoms with Gasteiger partial charge < -0.3 is 5.32 Å². The predicted molar refractivity (Wildman–Crippen MR) is 81.2 cm³/mol. The molecule has 0 heterocycles. The number of hydrogen-bond acceptors (Lipinski definition) is 3. The van der Waals surface area contributed by atoms with Crippen molar-refractivity contribution in [3.05, 3.63) is 68.5 Å². The van der Waals surface area contributed by atoms with E-state index in [1.165, 1.54) is 11.6 Å². The number of nitro benzene ring substituents is 1. The van der Waals surface area contributed by atoms with Crippen LogP contribution in [0.1, 0.15) is 18.1 Å². The van der Waals surface area contributed by atoms with E-state index in [0.29, 0.717) is 6.54 Å². The molecule has 0 aliphatic heterocycles. The fourth-order valence-corrected chi connectivity index (χ4v) is 2.08. The van der Waals surface area contributed by atoms with Crippen LogP contribution in [-0.2, 0) is 13.0 Å². The molecular weight excluding hydrogens is 295 g/mol. The van der Waals surface area contributed by atoms with Crippen molar-refractivity contribution in [1.82, 2.24) is 0 Å². The van der Waals surface area contributed by atoms with Crippen LogP contribution in [-0.4, -0.2) is 4.92 Å². The lowest BCUT2D eigenvalue weighted by molar-refractivity contribution is -0.384. The Balaban J connectivity index is 2.18. The quantitative estimate of drug-likeness (QED) is 0.650. The first-order chi connectivity index (χ1) is 10.0. The summed E-state index contributed by atoms with van der Waals surface area (Å²) >= 11 is 5.67. The number of benzene rings is 2. The molecule has 2 aromatic rings. The predicted octanol–water partition coefficient (Wildman–Crippen LogP) is 4.56. The zero-order chi connectivity index (χ0) is 15.4. The summed E-state index contributed by atoms with van der Waals surface area (Å²) in [6.07, 6.45) is 0.951. The van der Waals surface area contributed by atoms with Crippen molar-refractivity contribution in [1.29, 1.82) is 0 Å². The Morgan fingerprint density at radius 3 is 2.43 bits per heavy atom. The molecule has 110 valence electrons. The Bertz CT molecular complexity index is 659. The Labute approximate surface area is 126 Å². The summed E-state index contributed by atoms with van der Waals surface area (Å²) in [6, 6.07) is 9.96. The summed E-state index contributed by atoms with van der Waals surface area (Å²) in [4.78, 5) is 10.3. The van der Waals surface area contributed by atoms with Crippen LogP contribution in [0.2, 0.25) is 5.02 Å². The van der Waals surface area contributed by atoms with Gasteiger partial charge in [-0.15, -0.1) is 0 Å². The van der Waals surface area contributed by atoms with Crippen molar-refractivity contribution < 1.29 is 9.31 Å². The molecule has 21 heavy (non-hydrogen) atoms. The van der Waals surface area contributed by atoms with Crippen LogP contribution in [0, 0.1) is 15.9 Å². The van der Waals surface area contributed by atoms with Crippen LogP contribution in [0.3, 0.4) is 0 Å². The first kappa shape index (κ1) is 15.3. The Morgan fingerprint density at radius 2 is 1.86 bits per heavy atom. The fourth-order valence-electron chi connectivity index (χ4n) is 1.92. The molecule has 0 aliphatic rings. The highest BCUT2D eigenvalue weighted by molar-refractivity contribution is 6.31. The summed E-state index contributed by atoms with van der Waals surface area (Å²) in [6.45, 7) is 2.46. The molecule has 0 radical (unpaired) electrons. The van der Waals surface area contributed by atoms with E-state index >= 15 is 0 Å². The van der Waals surface area contributed by atoms with Crippen molar-refractivity contribution in [3.8, 4) is 0 Å². The Hall–Kier alpha value is -2.14. The van der Waals surface area contributed by atoms with Crippen molar-refractivity contribution in [2.45, 2.75) is 19.9 Å². The van der Waals surface area contributed by atoms with E-state index in [0.717, 1.165) is 18.1 Å². The first-order valence-electron chi connectivity index (χ1n) is 6.46. The van der Waals surface area contributed by atoms with Crippen LogP contribution in [0.25, 0.3) is 0 Å². The van der Waals surface area contributed by atoms with Crippen molar-refractivity contribution >= 4 is 23.0 Å². The van der Waals surface area contributed by atoms with Gasteiger partial charge in [-0.05, 0) is 23.6 Å². The largest absolute Gasteiger partial charge is 0.375 e. The minimum absolute atomic E-state index is 0.149. The van der Waals surface area contributed by atoms with Crippen molar-refractivity contribution in [2.24, 2.45) is 0 Å². The van der Waals surface area contributed by atoms with E-state index in [2.05, 4.69) is 12.2 Å². The van der Waals surface area contributed by atoms with E-state index in [9.17, 15) is 14.5 Å². The van der Waals surface area contributed by atoms with Gasteiger partial charge in [0.05, 0.1) is 16.0 Å². The van der Waals surface area contributed by atoms with Crippen LogP contribution < -0.4 is 5.32 Å². The van der Waals surface area contributed by atoms with Gasteiger partial charge in [0.15, 0.2) is 0 Å². The highest BCUT2D eigenvalue weighted by Crippen LogP contribution is 2.30. The molecule has 0 bridgehead atoms. The standard InChI is InChI=1S/C15H14ClFN2O2/c1-2-10-3-5-11(6-4-10)9-18-14-7-12(16)13(17)8-15(14)19(20)21/h3-8,18H,2,9H2,1H3. The lowest BCUT2D eigenvalue weighted by Gasteiger charge is -2.09. The molecule has 0 saturated heterocycles. The van der Waals surface area contributed by atoms with Gasteiger partial charge in [0, 0.05) is 6.54 Å². The second-order valence-corrected chi connectivity index (χ2v) is 4.97. The molecule has 0 aliphatic carbocycles. The van der Waals surface area contributed by atoms with Gasteiger partial charge in [-0.25, -0.2) is 4.39 Å². The number of anilines is 1. The van der Waals surface area contributed by atoms with E-state index in [1.54, 1.807) is 0 Å². The smallest absolute Gasteiger partial charge is 0.295 e. The third kappa shape index (κ3) is 3.70. The second-order valence-electron chi connectivity index (χ2n) is 4.56. The fraction of sp³-hybridized carbons (Fsp3) is 0.200. The number of halogens is 2. The molecule has 0 spiro atoms. The molecule has 0 fully saturated rings. The Kier molecular flexibility index (Phi) is 4.75. The molecule has 0 aromatic heterocycles. The second kappa shape index (κ2) is 6.54. The normalized spacial score (nSPS) is 10.4. The molecule has 1 N–H and O–H groups in total. The maximum Gasteiger partial charge on any atom is 0.295 e. The monoisotopic (exact) mass is 308 g/mol. The Morgan fingerprint density at radius 1 is 1.24 bits per heavy atom. The van der Waals surface area contributed by atoms with Crippen molar-refractivity contribution in [2.75, 3.05) is 5.32 Å². The van der Waals surface area contributed by atoms with Gasteiger partial charge in [0.1, 0.15) is 11.5 Å². The van der Waals surface area contributed by atoms with E-state index < -0.39 is 10.7 Å². The number of nitrogens with one attached hydrogen (secondary N) is 1. The van der Waals surface area contributed by atoms with E-state index in [1.807, 2.05) is 24.3 Å². The summed E-state index contributed by atoms with van der Waals surface area (Å²) in [5.41, 5.74) is 2.06. The van der Waals surface area contributed by atoms with Crippen molar-refractivity contribution in [3.63, 3.8) is 0 Å². The molecular formula is C15H14ClFN2O2. The molecule has 2 aromatic carbocycles.